The number of nitrogens with one attached hydrogen (secondary N) is 1. The second kappa shape index (κ2) is 5.17. The quantitative estimate of drug-likeness (QED) is 0.850. The highest BCUT2D eigenvalue weighted by Crippen LogP contribution is 2.25. The largest absolute Gasteiger partial charge is 0.451 e. The van der Waals surface area contributed by atoms with E-state index in [-0.39, 0.29) is 12.4 Å². The fourth-order valence-electron chi connectivity index (χ4n) is 2.81. The highest BCUT2D eigenvalue weighted by Gasteiger charge is 2.32. The summed E-state index contributed by atoms with van der Waals surface area (Å²) in [6, 6.07) is 0.776. The molecule has 2 fully saturated rings. The minimum Gasteiger partial charge on any atom is -0.451 e. The molecular formula is C11H18ClN3O. The van der Waals surface area contributed by atoms with Crippen molar-refractivity contribution in [2.45, 2.75) is 25.4 Å². The van der Waals surface area contributed by atoms with Crippen molar-refractivity contribution in [1.82, 2.24) is 15.2 Å². The molecule has 2 aliphatic rings. The van der Waals surface area contributed by atoms with E-state index in [1.54, 1.807) is 6.26 Å². The van der Waals surface area contributed by atoms with Crippen LogP contribution >= 0.6 is 12.4 Å². The third-order valence-electron chi connectivity index (χ3n) is 3.61. The predicted molar refractivity (Wildman–Crippen MR) is 63.5 cm³/mol. The third kappa shape index (κ3) is 2.39. The summed E-state index contributed by atoms with van der Waals surface area (Å²) in [6.45, 7) is 4.54. The molecule has 2 atom stereocenters. The van der Waals surface area contributed by atoms with Gasteiger partial charge in [-0.25, -0.2) is 4.98 Å². The molecule has 1 N–H and O–H groups in total. The van der Waals surface area contributed by atoms with Crippen LogP contribution in [0.15, 0.2) is 17.1 Å². The Kier molecular flexibility index (Phi) is 3.84. The standard InChI is InChI=1S/C11H17N3O.ClH/c1-3-12-11-2-4-14(5-9(1)11)6-10-7-15-8-13-10;/h7-9,11-12H,1-6H2;1H. The van der Waals surface area contributed by atoms with E-state index < -0.39 is 0 Å². The van der Waals surface area contributed by atoms with Crippen LogP contribution < -0.4 is 5.32 Å². The zero-order chi connectivity index (χ0) is 10.1. The molecule has 1 aromatic rings. The summed E-state index contributed by atoms with van der Waals surface area (Å²) in [5.41, 5.74) is 1.06. The van der Waals surface area contributed by atoms with Gasteiger partial charge in [-0.1, -0.05) is 0 Å². The Balaban J connectivity index is 0.000000963. The number of halogens is 1. The Bertz CT molecular complexity index is 317. The fraction of sp³-hybridized carbons (Fsp3) is 0.727. The van der Waals surface area contributed by atoms with E-state index in [2.05, 4.69) is 15.2 Å². The van der Waals surface area contributed by atoms with Crippen molar-refractivity contribution in [2.75, 3.05) is 19.6 Å². The third-order valence-corrected chi connectivity index (χ3v) is 3.61. The number of nitrogens with zero attached hydrogens (tertiary/aromatic N) is 2. The van der Waals surface area contributed by atoms with Crippen molar-refractivity contribution < 1.29 is 4.42 Å². The summed E-state index contributed by atoms with van der Waals surface area (Å²) in [7, 11) is 0. The molecule has 2 saturated heterocycles. The second-order valence-corrected chi connectivity index (χ2v) is 4.61. The van der Waals surface area contributed by atoms with Crippen LogP contribution in [0.2, 0.25) is 0 Å². The fourth-order valence-corrected chi connectivity index (χ4v) is 2.81. The van der Waals surface area contributed by atoms with E-state index >= 15 is 0 Å². The van der Waals surface area contributed by atoms with Gasteiger partial charge in [-0.3, -0.25) is 4.90 Å². The molecule has 0 radical (unpaired) electrons. The first kappa shape index (κ1) is 11.9. The molecule has 3 rings (SSSR count). The number of likely N-dealkylation sites (tertiary alicyclic amines) is 1. The molecule has 90 valence electrons. The molecule has 0 aromatic carbocycles. The van der Waals surface area contributed by atoms with Crippen molar-refractivity contribution >= 4 is 12.4 Å². The molecule has 16 heavy (non-hydrogen) atoms. The van der Waals surface area contributed by atoms with Crippen molar-refractivity contribution in [2.24, 2.45) is 5.92 Å². The van der Waals surface area contributed by atoms with E-state index in [1.165, 1.54) is 38.9 Å². The number of piperidine rings is 1. The van der Waals surface area contributed by atoms with E-state index in [9.17, 15) is 0 Å². The molecule has 2 unspecified atom stereocenters. The van der Waals surface area contributed by atoms with Crippen LogP contribution in [0.5, 0.6) is 0 Å². The van der Waals surface area contributed by atoms with Gasteiger partial charge in [0, 0.05) is 25.7 Å². The average molecular weight is 244 g/mol. The summed E-state index contributed by atoms with van der Waals surface area (Å²) in [6.07, 6.45) is 5.88. The molecule has 4 nitrogen and oxygen atoms in total. The van der Waals surface area contributed by atoms with Gasteiger partial charge in [0.25, 0.3) is 0 Å². The van der Waals surface area contributed by atoms with Gasteiger partial charge in [0.05, 0.1) is 5.69 Å². The summed E-state index contributed by atoms with van der Waals surface area (Å²) >= 11 is 0. The SMILES string of the molecule is Cl.c1nc(CN2CCC3NCCC3C2)co1. The molecule has 2 aliphatic heterocycles. The molecule has 1 aromatic heterocycles. The topological polar surface area (TPSA) is 41.3 Å². The lowest BCUT2D eigenvalue weighted by atomic mass is 9.93. The van der Waals surface area contributed by atoms with Gasteiger partial charge in [-0.2, -0.15) is 0 Å². The maximum absolute atomic E-state index is 4.99. The van der Waals surface area contributed by atoms with Gasteiger partial charge < -0.3 is 9.73 Å². The Morgan fingerprint density at radius 1 is 1.50 bits per heavy atom. The minimum atomic E-state index is 0. The van der Waals surface area contributed by atoms with Crippen LogP contribution in [-0.4, -0.2) is 35.6 Å². The van der Waals surface area contributed by atoms with E-state index in [0.717, 1.165) is 24.2 Å². The molecule has 0 spiro atoms. The highest BCUT2D eigenvalue weighted by molar-refractivity contribution is 5.85. The summed E-state index contributed by atoms with van der Waals surface area (Å²) < 4.78 is 4.99. The summed E-state index contributed by atoms with van der Waals surface area (Å²) in [5, 5.41) is 3.58. The zero-order valence-electron chi connectivity index (χ0n) is 9.26. The first-order valence-corrected chi connectivity index (χ1v) is 5.74. The molecule has 0 aliphatic carbocycles. The lowest BCUT2D eigenvalue weighted by Crippen LogP contribution is -2.43. The maximum Gasteiger partial charge on any atom is 0.180 e. The van der Waals surface area contributed by atoms with Crippen molar-refractivity contribution in [3.05, 3.63) is 18.4 Å². The van der Waals surface area contributed by atoms with E-state index in [4.69, 9.17) is 4.42 Å². The van der Waals surface area contributed by atoms with Crippen LogP contribution in [0.4, 0.5) is 0 Å². The van der Waals surface area contributed by atoms with Gasteiger partial charge in [0.1, 0.15) is 6.26 Å². The van der Waals surface area contributed by atoms with Gasteiger partial charge >= 0.3 is 0 Å². The highest BCUT2D eigenvalue weighted by atomic mass is 35.5. The summed E-state index contributed by atoms with van der Waals surface area (Å²) in [5.74, 6) is 0.852. The van der Waals surface area contributed by atoms with E-state index in [0.29, 0.717) is 0 Å². The lowest BCUT2D eigenvalue weighted by molar-refractivity contribution is 0.154. The maximum atomic E-state index is 4.99. The lowest BCUT2D eigenvalue weighted by Gasteiger charge is -2.34. The number of rotatable bonds is 2. The molecular weight excluding hydrogens is 226 g/mol. The Hall–Kier alpha value is -0.580. The van der Waals surface area contributed by atoms with Crippen LogP contribution in [0, 0.1) is 5.92 Å². The van der Waals surface area contributed by atoms with Gasteiger partial charge in [0.15, 0.2) is 6.39 Å². The number of hydrogen-bond donors (Lipinski definition) is 1. The predicted octanol–water partition coefficient (Wildman–Crippen LogP) is 1.28. The van der Waals surface area contributed by atoms with Crippen molar-refractivity contribution in [1.29, 1.82) is 0 Å². The summed E-state index contributed by atoms with van der Waals surface area (Å²) in [4.78, 5) is 6.66. The second-order valence-electron chi connectivity index (χ2n) is 4.61. The normalized spacial score (nSPS) is 29.8. The zero-order valence-corrected chi connectivity index (χ0v) is 10.1. The number of aromatic nitrogens is 1. The first-order valence-electron chi connectivity index (χ1n) is 5.74. The van der Waals surface area contributed by atoms with Gasteiger partial charge in [0.2, 0.25) is 0 Å². The monoisotopic (exact) mass is 243 g/mol. The van der Waals surface area contributed by atoms with Crippen LogP contribution in [0.25, 0.3) is 0 Å². The average Bonchev–Trinajstić information content (AvgIpc) is 2.87. The van der Waals surface area contributed by atoms with Crippen molar-refractivity contribution in [3.8, 4) is 0 Å². The number of hydrogen-bond acceptors (Lipinski definition) is 4. The Morgan fingerprint density at radius 3 is 3.25 bits per heavy atom. The smallest absolute Gasteiger partial charge is 0.180 e. The number of oxazole rings is 1. The molecule has 5 heteroatoms. The van der Waals surface area contributed by atoms with Crippen LogP contribution in [0.3, 0.4) is 0 Å². The Morgan fingerprint density at radius 2 is 2.44 bits per heavy atom. The molecule has 0 saturated carbocycles. The van der Waals surface area contributed by atoms with Crippen LogP contribution in [-0.2, 0) is 6.54 Å². The van der Waals surface area contributed by atoms with Gasteiger partial charge in [-0.15, -0.1) is 12.4 Å². The molecule has 0 amide bonds. The van der Waals surface area contributed by atoms with E-state index in [1.807, 2.05) is 0 Å². The Labute approximate surface area is 102 Å². The van der Waals surface area contributed by atoms with Crippen molar-refractivity contribution in [3.63, 3.8) is 0 Å². The van der Waals surface area contributed by atoms with Gasteiger partial charge in [-0.05, 0) is 25.3 Å². The van der Waals surface area contributed by atoms with Crippen LogP contribution in [0.1, 0.15) is 18.5 Å². The molecule has 0 bridgehead atoms. The number of fused-ring (bicyclic) bond motifs is 1. The first-order chi connectivity index (χ1) is 7.42. The minimum absolute atomic E-state index is 0. The molecule has 3 heterocycles.